The molecule has 4 aromatic rings. The number of nitrogens with one attached hydrogen (secondary N) is 2. The van der Waals surface area contributed by atoms with E-state index in [0.717, 1.165) is 26.1 Å². The molecule has 0 aliphatic heterocycles. The Morgan fingerprint density at radius 1 is 1.12 bits per heavy atom. The van der Waals surface area contributed by atoms with Crippen LogP contribution in [0.25, 0.3) is 22.2 Å². The van der Waals surface area contributed by atoms with Crippen LogP contribution in [0.4, 0.5) is 29.1 Å². The van der Waals surface area contributed by atoms with Gasteiger partial charge in [-0.25, -0.2) is 19.0 Å². The predicted molar refractivity (Wildman–Crippen MR) is 147 cm³/mol. The van der Waals surface area contributed by atoms with Crippen LogP contribution in [0, 0.1) is 12.7 Å². The van der Waals surface area contributed by atoms with Crippen molar-refractivity contribution in [2.24, 2.45) is 7.05 Å². The van der Waals surface area contributed by atoms with Crippen LogP contribution in [0.1, 0.15) is 43.9 Å². The molecule has 0 spiro atoms. The second-order valence-electron chi connectivity index (χ2n) is 10.4. The van der Waals surface area contributed by atoms with E-state index in [1.54, 1.807) is 25.3 Å². The number of alkyl halides is 3. The number of pyridine rings is 1. The maximum absolute atomic E-state index is 15.2. The van der Waals surface area contributed by atoms with Gasteiger partial charge in [-0.05, 0) is 63.1 Å². The van der Waals surface area contributed by atoms with Gasteiger partial charge >= 0.3 is 6.18 Å². The van der Waals surface area contributed by atoms with Crippen LogP contribution in [-0.2, 0) is 19.8 Å². The second kappa shape index (κ2) is 10.9. The fourth-order valence-corrected chi connectivity index (χ4v) is 4.68. The average Bonchev–Trinajstić information content (AvgIpc) is 3.70. The molecule has 5 rings (SSSR count). The van der Waals surface area contributed by atoms with Crippen LogP contribution in [0.3, 0.4) is 0 Å². The first-order valence-corrected chi connectivity index (χ1v) is 13.3. The smallest absolute Gasteiger partial charge is 0.381 e. The summed E-state index contributed by atoms with van der Waals surface area (Å²) in [5, 5.41) is 10.4. The van der Waals surface area contributed by atoms with Gasteiger partial charge in [0.15, 0.2) is 5.82 Å². The van der Waals surface area contributed by atoms with Crippen molar-refractivity contribution in [2.45, 2.75) is 64.3 Å². The van der Waals surface area contributed by atoms with E-state index in [0.29, 0.717) is 40.5 Å². The van der Waals surface area contributed by atoms with Crippen molar-refractivity contribution in [3.63, 3.8) is 0 Å². The number of hydrogen-bond donors (Lipinski definition) is 2. The first kappa shape index (κ1) is 28.2. The van der Waals surface area contributed by atoms with Crippen molar-refractivity contribution in [1.82, 2.24) is 24.3 Å². The lowest BCUT2D eigenvalue weighted by Crippen LogP contribution is -2.31. The normalized spacial score (nSPS) is 14.3. The van der Waals surface area contributed by atoms with E-state index < -0.39 is 34.8 Å². The third-order valence-electron chi connectivity index (χ3n) is 6.95. The van der Waals surface area contributed by atoms with E-state index in [1.807, 2.05) is 13.0 Å². The highest BCUT2D eigenvalue weighted by Gasteiger charge is 2.38. The van der Waals surface area contributed by atoms with Crippen LogP contribution < -0.4 is 21.8 Å². The van der Waals surface area contributed by atoms with Gasteiger partial charge in [0.25, 0.3) is 11.1 Å². The van der Waals surface area contributed by atoms with Crippen molar-refractivity contribution < 1.29 is 17.6 Å². The summed E-state index contributed by atoms with van der Waals surface area (Å²) in [7, 11) is 1.15. The Labute approximate surface area is 232 Å². The highest BCUT2D eigenvalue weighted by atomic mass is 19.4. The van der Waals surface area contributed by atoms with E-state index in [1.165, 1.54) is 10.6 Å². The first-order chi connectivity index (χ1) is 19.4. The third kappa shape index (κ3) is 6.23. The molecule has 1 fully saturated rings. The molecule has 9 nitrogen and oxygen atoms in total. The van der Waals surface area contributed by atoms with Gasteiger partial charge in [0.1, 0.15) is 17.2 Å². The molecule has 1 saturated carbocycles. The summed E-state index contributed by atoms with van der Waals surface area (Å²) in [6.07, 6.45) is 0.705. The third-order valence-corrected chi connectivity index (χ3v) is 6.95. The Hall–Kier alpha value is -4.29. The minimum absolute atomic E-state index is 0.195. The van der Waals surface area contributed by atoms with Gasteiger partial charge in [-0.2, -0.15) is 18.3 Å². The van der Waals surface area contributed by atoms with Gasteiger partial charge in [0.2, 0.25) is 0 Å². The number of benzene rings is 1. The molecule has 3 aromatic heterocycles. The van der Waals surface area contributed by atoms with Crippen molar-refractivity contribution in [1.29, 1.82) is 0 Å². The quantitative estimate of drug-likeness (QED) is 0.276. The predicted octanol–water partition coefficient (Wildman–Crippen LogP) is 4.87. The Kier molecular flexibility index (Phi) is 7.54. The number of rotatable bonds is 9. The minimum Gasteiger partial charge on any atom is -0.381 e. The minimum atomic E-state index is -4.84. The highest BCUT2D eigenvalue weighted by molar-refractivity contribution is 5.86. The highest BCUT2D eigenvalue weighted by Crippen LogP contribution is 2.32. The molecule has 1 atom stereocenters. The molecule has 1 aromatic carbocycles. The van der Waals surface area contributed by atoms with Crippen molar-refractivity contribution in [2.75, 3.05) is 10.6 Å². The van der Waals surface area contributed by atoms with Gasteiger partial charge in [0, 0.05) is 43.6 Å². The van der Waals surface area contributed by atoms with Crippen molar-refractivity contribution in [3.8, 4) is 11.4 Å². The number of nitrogens with zero attached hydrogens (tertiary/aromatic N) is 5. The molecule has 41 heavy (non-hydrogen) atoms. The van der Waals surface area contributed by atoms with Gasteiger partial charge in [0.05, 0.1) is 22.8 Å². The Balaban J connectivity index is 1.30. The lowest BCUT2D eigenvalue weighted by molar-refractivity contribution is -0.138. The van der Waals surface area contributed by atoms with Crippen LogP contribution in [0.2, 0.25) is 0 Å². The Morgan fingerprint density at radius 2 is 1.88 bits per heavy atom. The molecule has 0 unspecified atom stereocenters. The number of aromatic nitrogens is 5. The Bertz CT molecular complexity index is 1730. The van der Waals surface area contributed by atoms with Crippen LogP contribution in [0.15, 0.2) is 46.2 Å². The zero-order valence-electron chi connectivity index (χ0n) is 22.7. The SMILES string of the molecule is Cc1cc(NC2CC2)nc(-c2cc3ccn(CCC[C@H](C)Nc4cnn(C)c(=O)c4C(F)(F)F)c(=O)c3cc2F)n1. The largest absolute Gasteiger partial charge is 0.423 e. The summed E-state index contributed by atoms with van der Waals surface area (Å²) in [4.78, 5) is 34.0. The molecular formula is C28H29F4N7O2. The van der Waals surface area contributed by atoms with E-state index in [9.17, 15) is 22.8 Å². The Morgan fingerprint density at radius 3 is 2.59 bits per heavy atom. The zero-order valence-corrected chi connectivity index (χ0v) is 22.7. The second-order valence-corrected chi connectivity index (χ2v) is 10.4. The van der Waals surface area contributed by atoms with E-state index in [-0.39, 0.29) is 28.9 Å². The summed E-state index contributed by atoms with van der Waals surface area (Å²) in [6.45, 7) is 3.75. The number of halogens is 4. The maximum Gasteiger partial charge on any atom is 0.423 e. The lowest BCUT2D eigenvalue weighted by atomic mass is 10.1. The van der Waals surface area contributed by atoms with Crippen molar-refractivity contribution >= 4 is 22.3 Å². The molecule has 2 N–H and O–H groups in total. The number of fused-ring (bicyclic) bond motifs is 1. The van der Waals surface area contributed by atoms with Gasteiger partial charge in [-0.15, -0.1) is 0 Å². The maximum atomic E-state index is 15.2. The van der Waals surface area contributed by atoms with E-state index in [2.05, 4.69) is 25.7 Å². The molecule has 0 radical (unpaired) electrons. The molecule has 0 amide bonds. The fraction of sp³-hybridized carbons (Fsp3) is 0.393. The van der Waals surface area contributed by atoms with Crippen LogP contribution in [-0.4, -0.2) is 36.4 Å². The monoisotopic (exact) mass is 571 g/mol. The van der Waals surface area contributed by atoms with E-state index in [4.69, 9.17) is 0 Å². The summed E-state index contributed by atoms with van der Waals surface area (Å²) in [5.74, 6) is 0.254. The standard InChI is InChI=1S/C28H29F4N7O2/c1-15(34-22-14-33-38(3)27(41)24(22)28(30,31)32)5-4-9-39-10-8-17-12-20(21(29)13-19(17)26(39)40)25-35-16(2)11-23(37-25)36-18-6-7-18/h8,10-15,18,34H,4-7,9H2,1-3H3,(H,35,36,37)/t15-/m0/s1. The fourth-order valence-electron chi connectivity index (χ4n) is 4.68. The van der Waals surface area contributed by atoms with Crippen LogP contribution in [0.5, 0.6) is 0 Å². The topological polar surface area (TPSA) is 107 Å². The van der Waals surface area contributed by atoms with Gasteiger partial charge < -0.3 is 15.2 Å². The number of anilines is 2. The number of hydrogen-bond acceptors (Lipinski definition) is 7. The summed E-state index contributed by atoms with van der Waals surface area (Å²) in [5.41, 5.74) is -2.43. The number of aryl methyl sites for hydroxylation is 3. The molecule has 1 aliphatic rings. The van der Waals surface area contributed by atoms with Crippen LogP contribution >= 0.6 is 0 Å². The summed E-state index contributed by atoms with van der Waals surface area (Å²) >= 11 is 0. The molecule has 0 saturated heterocycles. The summed E-state index contributed by atoms with van der Waals surface area (Å²) in [6, 6.07) is 6.20. The van der Waals surface area contributed by atoms with Crippen molar-refractivity contribution in [3.05, 3.63) is 74.4 Å². The molecular weight excluding hydrogens is 542 g/mol. The lowest BCUT2D eigenvalue weighted by Gasteiger charge is -2.19. The average molecular weight is 572 g/mol. The zero-order chi connectivity index (χ0) is 29.5. The summed E-state index contributed by atoms with van der Waals surface area (Å²) < 4.78 is 57.7. The van der Waals surface area contributed by atoms with Gasteiger partial charge in [-0.1, -0.05) is 0 Å². The van der Waals surface area contributed by atoms with Gasteiger partial charge in [-0.3, -0.25) is 9.59 Å². The molecule has 13 heteroatoms. The van der Waals surface area contributed by atoms with E-state index >= 15 is 4.39 Å². The first-order valence-electron chi connectivity index (χ1n) is 13.3. The molecule has 0 bridgehead atoms. The molecule has 1 aliphatic carbocycles. The molecule has 216 valence electrons. The molecule has 3 heterocycles.